The summed E-state index contributed by atoms with van der Waals surface area (Å²) in [7, 11) is 0. The summed E-state index contributed by atoms with van der Waals surface area (Å²) in [5.74, 6) is 1.45. The number of ether oxygens (including phenoxy) is 2. The summed E-state index contributed by atoms with van der Waals surface area (Å²) < 4.78 is 10.6. The van der Waals surface area contributed by atoms with Gasteiger partial charge >= 0.3 is 0 Å². The summed E-state index contributed by atoms with van der Waals surface area (Å²) in [5, 5.41) is 4.96. The predicted molar refractivity (Wildman–Crippen MR) is 93.5 cm³/mol. The van der Waals surface area contributed by atoms with Gasteiger partial charge in [-0.15, -0.1) is 22.7 Å². The maximum Gasteiger partial charge on any atom is 0.231 e. The quantitative estimate of drug-likeness (QED) is 0.759. The fraction of sp³-hybridized carbons (Fsp3) is 0.176. The van der Waals surface area contributed by atoms with E-state index in [2.05, 4.69) is 10.3 Å². The highest BCUT2D eigenvalue weighted by molar-refractivity contribution is 7.14. The molecule has 0 spiro atoms. The standard InChI is InChI=1S/C17H14N2O3S2/c20-16(7-15-17(19-9-24-15)14-2-1-5-23-14)18-8-11-3-4-12-13(6-11)22-10-21-12/h1-6,9H,7-8,10H2,(H,18,20). The minimum atomic E-state index is -0.0188. The van der Waals surface area contributed by atoms with E-state index >= 15 is 0 Å². The lowest BCUT2D eigenvalue weighted by molar-refractivity contribution is -0.120. The van der Waals surface area contributed by atoms with Gasteiger partial charge in [0.1, 0.15) is 0 Å². The Kier molecular flexibility index (Phi) is 4.18. The van der Waals surface area contributed by atoms with Crippen LogP contribution in [0.5, 0.6) is 11.5 Å². The molecule has 0 bridgehead atoms. The van der Waals surface area contributed by atoms with E-state index in [0.717, 1.165) is 32.5 Å². The first-order valence-electron chi connectivity index (χ1n) is 7.41. The second-order valence-corrected chi connectivity index (χ2v) is 7.13. The largest absolute Gasteiger partial charge is 0.454 e. The third-order valence-corrected chi connectivity index (χ3v) is 5.35. The Morgan fingerprint density at radius 2 is 2.12 bits per heavy atom. The fourth-order valence-corrected chi connectivity index (χ4v) is 4.06. The molecule has 1 aliphatic heterocycles. The molecule has 0 atom stereocenters. The summed E-state index contributed by atoms with van der Waals surface area (Å²) in [4.78, 5) is 18.7. The zero-order valence-electron chi connectivity index (χ0n) is 12.7. The van der Waals surface area contributed by atoms with Crippen molar-refractivity contribution in [3.63, 3.8) is 0 Å². The molecule has 3 aromatic rings. The first kappa shape index (κ1) is 15.2. The average Bonchev–Trinajstić information content (AvgIpc) is 3.32. The lowest BCUT2D eigenvalue weighted by Crippen LogP contribution is -2.24. The van der Waals surface area contributed by atoms with Crippen LogP contribution in [0.15, 0.2) is 41.2 Å². The van der Waals surface area contributed by atoms with Crippen molar-refractivity contribution in [1.29, 1.82) is 0 Å². The zero-order chi connectivity index (χ0) is 16.4. The number of carbonyl (C=O) groups excluding carboxylic acids is 1. The van der Waals surface area contributed by atoms with Gasteiger partial charge in [-0.05, 0) is 29.1 Å². The molecule has 0 radical (unpaired) electrons. The molecule has 1 aromatic carbocycles. The van der Waals surface area contributed by atoms with E-state index in [9.17, 15) is 4.79 Å². The van der Waals surface area contributed by atoms with Crippen molar-refractivity contribution in [2.45, 2.75) is 13.0 Å². The van der Waals surface area contributed by atoms with Crippen LogP contribution >= 0.6 is 22.7 Å². The van der Waals surface area contributed by atoms with Crippen LogP contribution in [0, 0.1) is 0 Å². The molecule has 0 aliphatic carbocycles. The molecule has 1 aliphatic rings. The highest BCUT2D eigenvalue weighted by atomic mass is 32.1. The first-order chi connectivity index (χ1) is 11.8. The van der Waals surface area contributed by atoms with Crippen LogP contribution in [0.25, 0.3) is 10.6 Å². The van der Waals surface area contributed by atoms with E-state index < -0.39 is 0 Å². The Bertz CT molecular complexity index is 859. The van der Waals surface area contributed by atoms with Gasteiger partial charge in [0.25, 0.3) is 0 Å². The van der Waals surface area contributed by atoms with Crippen molar-refractivity contribution in [3.05, 3.63) is 51.7 Å². The molecule has 7 heteroatoms. The predicted octanol–water partition coefficient (Wildman–Crippen LogP) is 3.46. The molecule has 5 nitrogen and oxygen atoms in total. The molecule has 4 rings (SSSR count). The van der Waals surface area contributed by atoms with E-state index in [1.54, 1.807) is 16.8 Å². The third kappa shape index (κ3) is 3.13. The van der Waals surface area contributed by atoms with Crippen molar-refractivity contribution < 1.29 is 14.3 Å². The third-order valence-electron chi connectivity index (χ3n) is 3.64. The topological polar surface area (TPSA) is 60.5 Å². The number of aromatic nitrogens is 1. The number of hydrogen-bond acceptors (Lipinski definition) is 6. The van der Waals surface area contributed by atoms with E-state index in [1.807, 2.05) is 35.7 Å². The van der Waals surface area contributed by atoms with Crippen molar-refractivity contribution in [2.75, 3.05) is 6.79 Å². The lowest BCUT2D eigenvalue weighted by Gasteiger charge is -2.06. The van der Waals surface area contributed by atoms with Gasteiger partial charge < -0.3 is 14.8 Å². The van der Waals surface area contributed by atoms with Crippen molar-refractivity contribution >= 4 is 28.6 Å². The molecule has 1 N–H and O–H groups in total. The van der Waals surface area contributed by atoms with Crippen molar-refractivity contribution in [1.82, 2.24) is 10.3 Å². The minimum Gasteiger partial charge on any atom is -0.454 e. The molecule has 1 amide bonds. The summed E-state index contributed by atoms with van der Waals surface area (Å²) in [6.45, 7) is 0.713. The number of nitrogens with one attached hydrogen (secondary N) is 1. The van der Waals surface area contributed by atoms with Crippen LogP contribution in [0.1, 0.15) is 10.4 Å². The number of thiazole rings is 1. The van der Waals surface area contributed by atoms with Crippen LogP contribution in [0.2, 0.25) is 0 Å². The van der Waals surface area contributed by atoms with Gasteiger partial charge in [0, 0.05) is 11.4 Å². The molecular formula is C17H14N2O3S2. The Labute approximate surface area is 146 Å². The average molecular weight is 358 g/mol. The number of hydrogen-bond donors (Lipinski definition) is 1. The summed E-state index contributed by atoms with van der Waals surface area (Å²) in [6.07, 6.45) is 0.336. The Morgan fingerprint density at radius 1 is 1.21 bits per heavy atom. The molecule has 3 heterocycles. The highest BCUT2D eigenvalue weighted by Gasteiger charge is 2.15. The molecule has 0 fully saturated rings. The van der Waals surface area contributed by atoms with Gasteiger partial charge in [0.05, 0.1) is 22.5 Å². The summed E-state index contributed by atoms with van der Waals surface area (Å²) in [6, 6.07) is 9.70. The zero-order valence-corrected chi connectivity index (χ0v) is 14.3. The number of nitrogens with zero attached hydrogens (tertiary/aromatic N) is 1. The van der Waals surface area contributed by atoms with Gasteiger partial charge in [-0.25, -0.2) is 4.98 Å². The second kappa shape index (κ2) is 6.62. The van der Waals surface area contributed by atoms with Crippen LogP contribution in [0.4, 0.5) is 0 Å². The molecule has 0 saturated heterocycles. The van der Waals surface area contributed by atoms with Crippen LogP contribution in [-0.4, -0.2) is 17.7 Å². The first-order valence-corrected chi connectivity index (χ1v) is 9.17. The van der Waals surface area contributed by atoms with Gasteiger partial charge in [0.2, 0.25) is 12.7 Å². The molecule has 0 saturated carbocycles. The molecule has 2 aromatic heterocycles. The summed E-state index contributed by atoms with van der Waals surface area (Å²) in [5.41, 5.74) is 3.68. The normalized spacial score (nSPS) is 12.3. The fourth-order valence-electron chi connectivity index (χ4n) is 2.47. The lowest BCUT2D eigenvalue weighted by atomic mass is 10.2. The van der Waals surface area contributed by atoms with E-state index in [1.165, 1.54) is 11.3 Å². The monoisotopic (exact) mass is 358 g/mol. The number of rotatable bonds is 5. The van der Waals surface area contributed by atoms with Gasteiger partial charge in [-0.3, -0.25) is 4.79 Å². The van der Waals surface area contributed by atoms with Crippen molar-refractivity contribution in [3.8, 4) is 22.1 Å². The maximum atomic E-state index is 12.3. The van der Waals surface area contributed by atoms with E-state index in [0.29, 0.717) is 13.0 Å². The van der Waals surface area contributed by atoms with Crippen LogP contribution < -0.4 is 14.8 Å². The number of fused-ring (bicyclic) bond motifs is 1. The molecular weight excluding hydrogens is 344 g/mol. The smallest absolute Gasteiger partial charge is 0.231 e. The van der Waals surface area contributed by atoms with E-state index in [-0.39, 0.29) is 12.7 Å². The number of carbonyl (C=O) groups is 1. The van der Waals surface area contributed by atoms with E-state index in [4.69, 9.17) is 9.47 Å². The number of amides is 1. The number of benzene rings is 1. The van der Waals surface area contributed by atoms with Crippen LogP contribution in [0.3, 0.4) is 0 Å². The molecule has 122 valence electrons. The van der Waals surface area contributed by atoms with Crippen LogP contribution in [-0.2, 0) is 17.8 Å². The Balaban J connectivity index is 1.38. The SMILES string of the molecule is O=C(Cc1scnc1-c1cccs1)NCc1ccc2c(c1)OCO2. The van der Waals surface area contributed by atoms with Gasteiger partial charge in [-0.1, -0.05) is 12.1 Å². The Morgan fingerprint density at radius 3 is 3.00 bits per heavy atom. The number of thiophene rings is 1. The maximum absolute atomic E-state index is 12.3. The highest BCUT2D eigenvalue weighted by Crippen LogP contribution is 2.32. The summed E-state index contributed by atoms with van der Waals surface area (Å²) >= 11 is 3.14. The second-order valence-electron chi connectivity index (χ2n) is 5.24. The molecule has 24 heavy (non-hydrogen) atoms. The van der Waals surface area contributed by atoms with Gasteiger partial charge in [0.15, 0.2) is 11.5 Å². The molecule has 0 unspecified atom stereocenters. The minimum absolute atomic E-state index is 0.0188. The Hall–Kier alpha value is -2.38. The van der Waals surface area contributed by atoms with Gasteiger partial charge in [-0.2, -0.15) is 0 Å². The van der Waals surface area contributed by atoms with Crippen molar-refractivity contribution in [2.24, 2.45) is 0 Å².